The van der Waals surface area contributed by atoms with Crippen LogP contribution in [0.25, 0.3) is 0 Å². The van der Waals surface area contributed by atoms with Gasteiger partial charge in [0, 0.05) is 53.1 Å². The predicted molar refractivity (Wildman–Crippen MR) is 152 cm³/mol. The summed E-state index contributed by atoms with van der Waals surface area (Å²) in [5.41, 5.74) is 0.698. The van der Waals surface area contributed by atoms with E-state index in [1.54, 1.807) is 40.6 Å². The molecule has 0 radical (unpaired) electrons. The third-order valence-corrected chi connectivity index (χ3v) is 6.76. The molecule has 1 N–H and O–H groups in total. The lowest BCUT2D eigenvalue weighted by molar-refractivity contribution is -0.143. The number of methoxy groups -OCH3 is 2. The van der Waals surface area contributed by atoms with Gasteiger partial charge in [-0.3, -0.25) is 19.5 Å². The lowest BCUT2D eigenvalue weighted by atomic mass is 9.77. The number of allylic oxidation sites excluding steroid dienone is 1. The second-order valence-corrected chi connectivity index (χ2v) is 9.80. The van der Waals surface area contributed by atoms with Gasteiger partial charge in [0.15, 0.2) is 13.6 Å². The van der Waals surface area contributed by atoms with E-state index in [9.17, 15) is 14.7 Å². The largest absolute Gasteiger partial charge is 0.481 e. The van der Waals surface area contributed by atoms with Crippen LogP contribution in [0, 0.1) is 5.92 Å². The van der Waals surface area contributed by atoms with Crippen molar-refractivity contribution in [1.29, 1.82) is 0 Å². The molecule has 2 aromatic rings. The van der Waals surface area contributed by atoms with Crippen LogP contribution in [0.3, 0.4) is 0 Å². The van der Waals surface area contributed by atoms with Gasteiger partial charge >= 0.3 is 5.97 Å². The summed E-state index contributed by atoms with van der Waals surface area (Å²) in [4.78, 5) is 33.6. The maximum Gasteiger partial charge on any atom is 0.309 e. The monoisotopic (exact) mass is 553 g/mol. The quantitative estimate of drug-likeness (QED) is 0.297. The van der Waals surface area contributed by atoms with Gasteiger partial charge in [0.2, 0.25) is 5.91 Å². The molecule has 2 atom stereocenters. The number of rotatable bonds is 17. The van der Waals surface area contributed by atoms with Crippen molar-refractivity contribution in [3.8, 4) is 11.5 Å². The number of nitrogens with zero attached hydrogens (tertiary/aromatic N) is 3. The Morgan fingerprint density at radius 3 is 2.10 bits per heavy atom. The number of aliphatic imine (C=N–C) groups is 1. The summed E-state index contributed by atoms with van der Waals surface area (Å²) in [5.74, 6) is -0.625. The first kappa shape index (κ1) is 30.8. The van der Waals surface area contributed by atoms with E-state index in [4.69, 9.17) is 18.9 Å². The number of carboxylic acid groups (broad SMARTS) is 1. The number of carbonyl (C=O) groups excluding carboxylic acids is 1. The number of aliphatic carboxylic acids is 1. The zero-order valence-electron chi connectivity index (χ0n) is 23.6. The summed E-state index contributed by atoms with van der Waals surface area (Å²) in [6, 6.07) is 15.0. The normalized spacial score (nSPS) is 16.7. The number of hydrogen-bond acceptors (Lipinski definition) is 8. The van der Waals surface area contributed by atoms with Crippen LogP contribution in [0.5, 0.6) is 11.5 Å². The molecule has 1 aliphatic heterocycles. The topological polar surface area (TPSA) is 110 Å². The molecule has 0 saturated carbocycles. The minimum atomic E-state index is -1.00. The average Bonchev–Trinajstić information content (AvgIpc) is 3.40. The van der Waals surface area contributed by atoms with E-state index in [-0.39, 0.29) is 32.5 Å². The van der Waals surface area contributed by atoms with Crippen molar-refractivity contribution in [2.75, 3.05) is 55.0 Å². The van der Waals surface area contributed by atoms with Crippen molar-refractivity contribution in [2.24, 2.45) is 10.9 Å². The Labute approximate surface area is 235 Å². The summed E-state index contributed by atoms with van der Waals surface area (Å²) in [7, 11) is 6.50. The molecular weight excluding hydrogens is 514 g/mol. The molecule has 2 unspecified atom stereocenters. The molecule has 0 bridgehead atoms. The minimum absolute atomic E-state index is 0.0793. The number of likely N-dealkylation sites (N-methyl/N-ethyl adjacent to an activating group) is 1. The summed E-state index contributed by atoms with van der Waals surface area (Å²) in [5, 5.41) is 10.4. The van der Waals surface area contributed by atoms with Crippen molar-refractivity contribution in [2.45, 2.75) is 24.9 Å². The molecule has 1 aliphatic rings. The first-order chi connectivity index (χ1) is 19.3. The number of carbonyl (C=O) groups is 2. The van der Waals surface area contributed by atoms with Crippen LogP contribution in [0.2, 0.25) is 0 Å². The molecule has 10 nitrogen and oxygen atoms in total. The van der Waals surface area contributed by atoms with Crippen LogP contribution in [-0.4, -0.2) is 93.5 Å². The Kier molecular flexibility index (Phi) is 11.7. The van der Waals surface area contributed by atoms with Crippen molar-refractivity contribution in [1.82, 2.24) is 9.80 Å². The molecule has 1 amide bonds. The highest BCUT2D eigenvalue weighted by atomic mass is 16.7. The Balaban J connectivity index is 1.85. The lowest BCUT2D eigenvalue weighted by Crippen LogP contribution is -2.43. The van der Waals surface area contributed by atoms with E-state index < -0.39 is 17.4 Å². The number of hydrogen-bond donors (Lipinski definition) is 1. The fourth-order valence-electron chi connectivity index (χ4n) is 4.67. The molecule has 0 aliphatic carbocycles. The van der Waals surface area contributed by atoms with E-state index in [1.165, 1.54) is 4.90 Å². The summed E-state index contributed by atoms with van der Waals surface area (Å²) in [6.07, 6.45) is 5.87. The summed E-state index contributed by atoms with van der Waals surface area (Å²) < 4.78 is 21.6. The van der Waals surface area contributed by atoms with Crippen LogP contribution >= 0.6 is 0 Å². The van der Waals surface area contributed by atoms with Crippen LogP contribution < -0.4 is 9.47 Å². The second-order valence-electron chi connectivity index (χ2n) is 9.80. The zero-order chi connectivity index (χ0) is 29.0. The van der Waals surface area contributed by atoms with E-state index in [0.717, 1.165) is 11.1 Å². The van der Waals surface area contributed by atoms with Gasteiger partial charge in [-0.05, 0) is 36.7 Å². The van der Waals surface area contributed by atoms with Crippen LogP contribution in [-0.2, 0) is 32.0 Å². The highest BCUT2D eigenvalue weighted by molar-refractivity contribution is 5.80. The molecule has 40 heavy (non-hydrogen) atoms. The van der Waals surface area contributed by atoms with Crippen LogP contribution in [0.4, 0.5) is 0 Å². The van der Waals surface area contributed by atoms with E-state index in [0.29, 0.717) is 31.0 Å². The molecule has 2 aromatic carbocycles. The Hall–Kier alpha value is -3.73. The standard InChI is InChI=1S/C30H39N3O7/c1-32(2)28(34)20-33(19-24-11-6-8-13-27(24)40-22-38-4)17-14-25(29(35)36)30(15-9-16-31-30)18-23-10-5-7-12-26(23)39-21-37-3/h5-13,15-16,25H,14,17-22H2,1-4H3,(H,35,36). The molecule has 3 rings (SSSR count). The fourth-order valence-corrected chi connectivity index (χ4v) is 4.67. The average molecular weight is 554 g/mol. The first-order valence-corrected chi connectivity index (χ1v) is 13.1. The SMILES string of the molecule is COCOc1ccccc1CN(CCC(C(=O)O)C1(Cc2ccccc2OCOC)C=CC=N1)CC(=O)N(C)C. The fraction of sp³-hybridized carbons (Fsp3) is 0.433. The molecule has 216 valence electrons. The third kappa shape index (κ3) is 8.38. The van der Waals surface area contributed by atoms with Gasteiger partial charge in [-0.25, -0.2) is 0 Å². The van der Waals surface area contributed by atoms with Gasteiger partial charge in [-0.2, -0.15) is 0 Å². The second kappa shape index (κ2) is 15.2. The van der Waals surface area contributed by atoms with E-state index in [2.05, 4.69) is 4.99 Å². The number of amides is 1. The maximum atomic E-state index is 12.7. The van der Waals surface area contributed by atoms with Gasteiger partial charge in [0.05, 0.1) is 18.0 Å². The molecule has 10 heteroatoms. The minimum Gasteiger partial charge on any atom is -0.481 e. The Morgan fingerprint density at radius 1 is 0.950 bits per heavy atom. The van der Waals surface area contributed by atoms with Gasteiger partial charge in [-0.15, -0.1) is 0 Å². The number of benzene rings is 2. The zero-order valence-corrected chi connectivity index (χ0v) is 23.6. The molecule has 0 aromatic heterocycles. The van der Waals surface area contributed by atoms with E-state index in [1.807, 2.05) is 59.5 Å². The van der Waals surface area contributed by atoms with Crippen molar-refractivity contribution in [3.05, 3.63) is 71.8 Å². The first-order valence-electron chi connectivity index (χ1n) is 13.1. The van der Waals surface area contributed by atoms with Crippen molar-refractivity contribution in [3.63, 3.8) is 0 Å². The Bertz CT molecular complexity index is 1170. The highest BCUT2D eigenvalue weighted by Crippen LogP contribution is 2.36. The molecule has 1 heterocycles. The van der Waals surface area contributed by atoms with E-state index >= 15 is 0 Å². The van der Waals surface area contributed by atoms with Crippen LogP contribution in [0.1, 0.15) is 17.5 Å². The van der Waals surface area contributed by atoms with Crippen molar-refractivity contribution >= 4 is 18.1 Å². The molecule has 0 saturated heterocycles. The molecular formula is C30H39N3O7. The number of ether oxygens (including phenoxy) is 4. The number of para-hydroxylation sites is 2. The number of carboxylic acids is 1. The smallest absolute Gasteiger partial charge is 0.309 e. The molecule has 0 fully saturated rings. The summed E-state index contributed by atoms with van der Waals surface area (Å²) in [6.45, 7) is 1.04. The van der Waals surface area contributed by atoms with Gasteiger partial charge in [-0.1, -0.05) is 42.5 Å². The maximum absolute atomic E-state index is 12.7. The van der Waals surface area contributed by atoms with Crippen molar-refractivity contribution < 1.29 is 33.6 Å². The predicted octanol–water partition coefficient (Wildman–Crippen LogP) is 3.26. The van der Waals surface area contributed by atoms with Gasteiger partial charge in [0.25, 0.3) is 0 Å². The lowest BCUT2D eigenvalue weighted by Gasteiger charge is -2.33. The molecule has 0 spiro atoms. The van der Waals surface area contributed by atoms with Gasteiger partial charge < -0.3 is 29.0 Å². The summed E-state index contributed by atoms with van der Waals surface area (Å²) >= 11 is 0. The van der Waals surface area contributed by atoms with Crippen LogP contribution in [0.15, 0.2) is 65.7 Å². The van der Waals surface area contributed by atoms with Gasteiger partial charge in [0.1, 0.15) is 11.5 Å². The third-order valence-electron chi connectivity index (χ3n) is 6.76. The Morgan fingerprint density at radius 2 is 1.55 bits per heavy atom. The highest BCUT2D eigenvalue weighted by Gasteiger charge is 2.43.